The van der Waals surface area contributed by atoms with Crippen molar-refractivity contribution < 1.29 is 14.6 Å². The maximum Gasteiger partial charge on any atom is 0.237 e. The molecular weight excluding hydrogens is 294 g/mol. The Morgan fingerprint density at radius 1 is 1.39 bits per heavy atom. The number of nitrogens with zero attached hydrogens (tertiary/aromatic N) is 1. The summed E-state index contributed by atoms with van der Waals surface area (Å²) < 4.78 is 6.06. The van der Waals surface area contributed by atoms with Gasteiger partial charge in [0.2, 0.25) is 5.91 Å². The molecule has 1 aromatic carbocycles. The van der Waals surface area contributed by atoms with Crippen LogP contribution in [0.15, 0.2) is 36.7 Å². The number of carbonyl (C=O) groups excluding carboxylic acids is 1. The van der Waals surface area contributed by atoms with E-state index in [-0.39, 0.29) is 31.2 Å². The fraction of sp³-hybridized carbons (Fsp3) is 0.412. The topological polar surface area (TPSA) is 83.5 Å². The Morgan fingerprint density at radius 2 is 2.30 bits per heavy atom. The minimum Gasteiger partial charge on any atom is -0.490 e. The van der Waals surface area contributed by atoms with Gasteiger partial charge in [0.15, 0.2) is 0 Å². The van der Waals surface area contributed by atoms with Crippen LogP contribution in [0, 0.1) is 0 Å². The molecule has 1 aromatic heterocycles. The fourth-order valence-electron chi connectivity index (χ4n) is 2.82. The molecule has 1 saturated heterocycles. The highest BCUT2D eigenvalue weighted by molar-refractivity contribution is 5.83. The molecule has 0 radical (unpaired) electrons. The molecule has 1 fully saturated rings. The number of fused-ring (bicyclic) bond motifs is 1. The predicted octanol–water partition coefficient (Wildman–Crippen LogP) is 0.843. The van der Waals surface area contributed by atoms with Crippen LogP contribution in [0.3, 0.4) is 0 Å². The van der Waals surface area contributed by atoms with E-state index in [4.69, 9.17) is 9.84 Å². The lowest BCUT2D eigenvalue weighted by Crippen LogP contribution is -2.51. The molecule has 122 valence electrons. The lowest BCUT2D eigenvalue weighted by atomic mass is 10.0. The summed E-state index contributed by atoms with van der Waals surface area (Å²) in [4.78, 5) is 16.1. The molecule has 3 rings (SSSR count). The Kier molecular flexibility index (Phi) is 5.05. The molecule has 1 aliphatic heterocycles. The van der Waals surface area contributed by atoms with E-state index >= 15 is 0 Å². The highest BCUT2D eigenvalue weighted by Gasteiger charge is 2.27. The van der Waals surface area contributed by atoms with Gasteiger partial charge in [0, 0.05) is 30.7 Å². The number of carbonyl (C=O) groups is 1. The van der Waals surface area contributed by atoms with Crippen LogP contribution in [0.4, 0.5) is 0 Å². The number of ether oxygens (including phenoxy) is 1. The highest BCUT2D eigenvalue weighted by Crippen LogP contribution is 2.23. The number of piperidine rings is 1. The number of aliphatic hydroxyl groups excluding tert-OH is 1. The molecule has 2 heterocycles. The van der Waals surface area contributed by atoms with Crippen molar-refractivity contribution in [1.82, 2.24) is 15.6 Å². The quantitative estimate of drug-likeness (QED) is 0.762. The monoisotopic (exact) mass is 315 g/mol. The Balaban J connectivity index is 1.63. The van der Waals surface area contributed by atoms with Crippen molar-refractivity contribution in [2.45, 2.75) is 25.0 Å². The number of pyridine rings is 1. The lowest BCUT2D eigenvalue weighted by Gasteiger charge is -2.30. The summed E-state index contributed by atoms with van der Waals surface area (Å²) in [7, 11) is 0. The first-order chi connectivity index (χ1) is 11.3. The van der Waals surface area contributed by atoms with Crippen molar-refractivity contribution in [3.63, 3.8) is 0 Å². The molecule has 0 spiro atoms. The third-order valence-corrected chi connectivity index (χ3v) is 4.00. The number of hydrogen-bond acceptors (Lipinski definition) is 5. The minimum atomic E-state index is -0.273. The summed E-state index contributed by atoms with van der Waals surface area (Å²) in [6.45, 7) is 0.963. The van der Waals surface area contributed by atoms with Crippen molar-refractivity contribution in [3.8, 4) is 5.75 Å². The van der Waals surface area contributed by atoms with Crippen molar-refractivity contribution in [3.05, 3.63) is 36.7 Å². The summed E-state index contributed by atoms with van der Waals surface area (Å²) in [5.41, 5.74) is 0. The first-order valence-electron chi connectivity index (χ1n) is 7.88. The van der Waals surface area contributed by atoms with E-state index in [1.54, 1.807) is 6.20 Å². The van der Waals surface area contributed by atoms with E-state index in [9.17, 15) is 4.79 Å². The lowest BCUT2D eigenvalue weighted by molar-refractivity contribution is -0.124. The molecular formula is C17H21N3O3. The standard InChI is InChI=1S/C17H21N3O3/c21-8-7-20-17(22)16-10-15(4-6-19-16)23-14-2-1-13-11-18-5-3-12(13)9-14/h1-3,5,9,11,15-16,19,21H,4,6-8,10H2,(H,20,22)/t15?,16-/m1/s1. The van der Waals surface area contributed by atoms with Gasteiger partial charge < -0.3 is 20.5 Å². The van der Waals surface area contributed by atoms with Gasteiger partial charge in [0.1, 0.15) is 11.9 Å². The first kappa shape index (κ1) is 15.7. The summed E-state index contributed by atoms with van der Waals surface area (Å²) >= 11 is 0. The zero-order valence-electron chi connectivity index (χ0n) is 12.9. The number of benzene rings is 1. The van der Waals surface area contributed by atoms with E-state index in [1.807, 2.05) is 30.5 Å². The largest absolute Gasteiger partial charge is 0.490 e. The molecule has 1 aliphatic rings. The summed E-state index contributed by atoms with van der Waals surface area (Å²) in [5.74, 6) is 0.724. The Hall–Kier alpha value is -2.18. The van der Waals surface area contributed by atoms with Crippen molar-refractivity contribution >= 4 is 16.7 Å². The molecule has 6 heteroatoms. The molecule has 0 saturated carbocycles. The molecule has 1 unspecified atom stereocenters. The van der Waals surface area contributed by atoms with E-state index < -0.39 is 0 Å². The number of hydrogen-bond donors (Lipinski definition) is 3. The Morgan fingerprint density at radius 3 is 3.17 bits per heavy atom. The van der Waals surface area contributed by atoms with E-state index in [0.29, 0.717) is 6.42 Å². The van der Waals surface area contributed by atoms with Crippen LogP contribution in [0.1, 0.15) is 12.8 Å². The number of aliphatic hydroxyl groups is 1. The van der Waals surface area contributed by atoms with Crippen molar-refractivity contribution in [1.29, 1.82) is 0 Å². The summed E-state index contributed by atoms with van der Waals surface area (Å²) in [5, 5.41) is 16.8. The average molecular weight is 315 g/mol. The van der Waals surface area contributed by atoms with E-state index in [2.05, 4.69) is 15.6 Å². The van der Waals surface area contributed by atoms with Crippen molar-refractivity contribution in [2.75, 3.05) is 19.7 Å². The van der Waals surface area contributed by atoms with Crippen LogP contribution in [0.2, 0.25) is 0 Å². The summed E-state index contributed by atoms with van der Waals surface area (Å²) in [6, 6.07) is 7.61. The predicted molar refractivity (Wildman–Crippen MR) is 87.3 cm³/mol. The molecule has 2 aromatic rings. The molecule has 23 heavy (non-hydrogen) atoms. The molecule has 6 nitrogen and oxygen atoms in total. The van der Waals surface area contributed by atoms with Crippen LogP contribution in [-0.4, -0.2) is 47.8 Å². The van der Waals surface area contributed by atoms with Crippen LogP contribution < -0.4 is 15.4 Å². The average Bonchev–Trinajstić information content (AvgIpc) is 2.60. The molecule has 0 bridgehead atoms. The second kappa shape index (κ2) is 7.39. The third-order valence-electron chi connectivity index (χ3n) is 4.00. The normalized spacial score (nSPS) is 21.1. The molecule has 0 aliphatic carbocycles. The Bertz CT molecular complexity index is 677. The molecule has 2 atom stereocenters. The minimum absolute atomic E-state index is 0.000383. The second-order valence-corrected chi connectivity index (χ2v) is 5.67. The van der Waals surface area contributed by atoms with Gasteiger partial charge in [-0.05, 0) is 42.6 Å². The van der Waals surface area contributed by atoms with Crippen LogP contribution >= 0.6 is 0 Å². The van der Waals surface area contributed by atoms with E-state index in [1.165, 1.54) is 0 Å². The highest BCUT2D eigenvalue weighted by atomic mass is 16.5. The van der Waals surface area contributed by atoms with Gasteiger partial charge in [-0.15, -0.1) is 0 Å². The smallest absolute Gasteiger partial charge is 0.237 e. The summed E-state index contributed by atoms with van der Waals surface area (Å²) in [6.07, 6.45) is 5.06. The molecule has 1 amide bonds. The van der Waals surface area contributed by atoms with Gasteiger partial charge in [-0.2, -0.15) is 0 Å². The number of nitrogens with one attached hydrogen (secondary N) is 2. The van der Waals surface area contributed by atoms with Crippen LogP contribution in [-0.2, 0) is 4.79 Å². The van der Waals surface area contributed by atoms with Gasteiger partial charge in [0.05, 0.1) is 12.6 Å². The number of aromatic nitrogens is 1. The number of amides is 1. The van der Waals surface area contributed by atoms with Gasteiger partial charge in [-0.3, -0.25) is 9.78 Å². The van der Waals surface area contributed by atoms with Crippen LogP contribution in [0.25, 0.3) is 10.8 Å². The maximum atomic E-state index is 12.0. The maximum absolute atomic E-state index is 12.0. The zero-order valence-corrected chi connectivity index (χ0v) is 12.9. The zero-order chi connectivity index (χ0) is 16.1. The first-order valence-corrected chi connectivity index (χ1v) is 7.88. The fourth-order valence-corrected chi connectivity index (χ4v) is 2.82. The van der Waals surface area contributed by atoms with Gasteiger partial charge in [-0.25, -0.2) is 0 Å². The van der Waals surface area contributed by atoms with Gasteiger partial charge in [-0.1, -0.05) is 0 Å². The van der Waals surface area contributed by atoms with Crippen LogP contribution in [0.5, 0.6) is 5.75 Å². The Labute approximate surface area is 134 Å². The second-order valence-electron chi connectivity index (χ2n) is 5.67. The third kappa shape index (κ3) is 3.97. The SMILES string of the molecule is O=C(NCCO)[C@H]1CC(Oc2ccc3cnccc3c2)CCN1. The van der Waals surface area contributed by atoms with Gasteiger partial charge in [0.25, 0.3) is 0 Å². The number of rotatable bonds is 5. The van der Waals surface area contributed by atoms with Crippen molar-refractivity contribution in [2.24, 2.45) is 0 Å². The molecule has 3 N–H and O–H groups in total. The van der Waals surface area contributed by atoms with E-state index in [0.717, 1.165) is 29.5 Å². The van der Waals surface area contributed by atoms with Gasteiger partial charge >= 0.3 is 0 Å².